The SMILES string of the molecule is Cc1nc(Cl)cc2nnc(CC3CCCCC3)n12. The van der Waals surface area contributed by atoms with Crippen LogP contribution in [0.3, 0.4) is 0 Å². The van der Waals surface area contributed by atoms with Gasteiger partial charge in [-0.3, -0.25) is 4.40 Å². The molecule has 4 nitrogen and oxygen atoms in total. The van der Waals surface area contributed by atoms with Crippen LogP contribution in [0.15, 0.2) is 6.07 Å². The molecule has 0 saturated heterocycles. The Bertz CT molecular complexity index is 557. The molecular formula is C13H17ClN4. The minimum absolute atomic E-state index is 0.483. The molecule has 2 aromatic rings. The number of halogens is 1. The summed E-state index contributed by atoms with van der Waals surface area (Å²) in [5, 5.41) is 8.98. The molecule has 1 fully saturated rings. The zero-order valence-corrected chi connectivity index (χ0v) is 11.3. The Labute approximate surface area is 111 Å². The van der Waals surface area contributed by atoms with Gasteiger partial charge in [0.15, 0.2) is 5.65 Å². The van der Waals surface area contributed by atoms with E-state index >= 15 is 0 Å². The Morgan fingerprint density at radius 1 is 1.28 bits per heavy atom. The fourth-order valence-corrected chi connectivity index (χ4v) is 3.12. The number of fused-ring (bicyclic) bond motifs is 1. The number of aryl methyl sites for hydroxylation is 1. The summed E-state index contributed by atoms with van der Waals surface area (Å²) in [6, 6.07) is 1.77. The van der Waals surface area contributed by atoms with Crippen molar-refractivity contribution in [3.63, 3.8) is 0 Å². The molecule has 0 unspecified atom stereocenters. The van der Waals surface area contributed by atoms with E-state index in [0.29, 0.717) is 5.15 Å². The molecule has 0 aromatic carbocycles. The fourth-order valence-electron chi connectivity index (χ4n) is 2.90. The van der Waals surface area contributed by atoms with E-state index in [0.717, 1.165) is 29.6 Å². The molecule has 1 aliphatic carbocycles. The van der Waals surface area contributed by atoms with Crippen LogP contribution in [0.4, 0.5) is 0 Å². The molecule has 2 heterocycles. The molecule has 0 bridgehead atoms. The smallest absolute Gasteiger partial charge is 0.165 e. The summed E-state index contributed by atoms with van der Waals surface area (Å²) >= 11 is 5.93. The third-order valence-electron chi connectivity index (χ3n) is 3.79. The average molecular weight is 265 g/mol. The molecule has 0 amide bonds. The fraction of sp³-hybridized carbons (Fsp3) is 0.615. The van der Waals surface area contributed by atoms with Gasteiger partial charge < -0.3 is 0 Å². The molecule has 96 valence electrons. The van der Waals surface area contributed by atoms with E-state index in [1.165, 1.54) is 32.1 Å². The van der Waals surface area contributed by atoms with Crippen molar-refractivity contribution >= 4 is 17.2 Å². The maximum Gasteiger partial charge on any atom is 0.165 e. The molecule has 1 aliphatic rings. The van der Waals surface area contributed by atoms with Gasteiger partial charge in [-0.05, 0) is 12.8 Å². The lowest BCUT2D eigenvalue weighted by atomic mass is 9.87. The number of hydrogen-bond acceptors (Lipinski definition) is 3. The Morgan fingerprint density at radius 2 is 2.06 bits per heavy atom. The second-order valence-electron chi connectivity index (χ2n) is 5.14. The van der Waals surface area contributed by atoms with Gasteiger partial charge in [0.25, 0.3) is 0 Å². The van der Waals surface area contributed by atoms with Gasteiger partial charge in [0.2, 0.25) is 0 Å². The Balaban J connectivity index is 1.92. The zero-order valence-electron chi connectivity index (χ0n) is 10.6. The summed E-state index contributed by atoms with van der Waals surface area (Å²) < 4.78 is 2.03. The average Bonchev–Trinajstić information content (AvgIpc) is 2.73. The molecular weight excluding hydrogens is 248 g/mol. The van der Waals surface area contributed by atoms with Gasteiger partial charge >= 0.3 is 0 Å². The quantitative estimate of drug-likeness (QED) is 0.783. The van der Waals surface area contributed by atoms with E-state index in [2.05, 4.69) is 15.2 Å². The summed E-state index contributed by atoms with van der Waals surface area (Å²) in [5.74, 6) is 2.65. The molecule has 0 aliphatic heterocycles. The van der Waals surface area contributed by atoms with E-state index in [1.807, 2.05) is 11.3 Å². The van der Waals surface area contributed by atoms with Gasteiger partial charge in [0.05, 0.1) is 0 Å². The van der Waals surface area contributed by atoms with Gasteiger partial charge in [-0.2, -0.15) is 0 Å². The number of aromatic nitrogens is 4. The van der Waals surface area contributed by atoms with Gasteiger partial charge in [0, 0.05) is 12.5 Å². The highest BCUT2D eigenvalue weighted by atomic mass is 35.5. The van der Waals surface area contributed by atoms with Crippen LogP contribution >= 0.6 is 11.6 Å². The van der Waals surface area contributed by atoms with Crippen LogP contribution < -0.4 is 0 Å². The summed E-state index contributed by atoms with van der Waals surface area (Å²) in [6.45, 7) is 1.95. The summed E-state index contributed by atoms with van der Waals surface area (Å²) in [7, 11) is 0. The minimum atomic E-state index is 0.483. The zero-order chi connectivity index (χ0) is 12.5. The van der Waals surface area contributed by atoms with Crippen LogP contribution in [0.5, 0.6) is 0 Å². The predicted molar refractivity (Wildman–Crippen MR) is 70.8 cm³/mol. The number of nitrogens with zero attached hydrogens (tertiary/aromatic N) is 4. The van der Waals surface area contributed by atoms with Crippen molar-refractivity contribution in [2.45, 2.75) is 45.4 Å². The van der Waals surface area contributed by atoms with Crippen molar-refractivity contribution in [2.24, 2.45) is 5.92 Å². The molecule has 0 N–H and O–H groups in total. The third-order valence-corrected chi connectivity index (χ3v) is 3.99. The van der Waals surface area contributed by atoms with Gasteiger partial charge in [0.1, 0.15) is 16.8 Å². The highest BCUT2D eigenvalue weighted by Gasteiger charge is 2.18. The van der Waals surface area contributed by atoms with Gasteiger partial charge in [-0.1, -0.05) is 43.7 Å². The van der Waals surface area contributed by atoms with Crippen LogP contribution in [-0.2, 0) is 6.42 Å². The van der Waals surface area contributed by atoms with Crippen molar-refractivity contribution in [1.82, 2.24) is 19.6 Å². The van der Waals surface area contributed by atoms with Gasteiger partial charge in [-0.15, -0.1) is 10.2 Å². The summed E-state index contributed by atoms with van der Waals surface area (Å²) in [5.41, 5.74) is 0.804. The van der Waals surface area contributed by atoms with E-state index in [1.54, 1.807) is 6.07 Å². The van der Waals surface area contributed by atoms with Crippen molar-refractivity contribution < 1.29 is 0 Å². The first kappa shape index (κ1) is 11.9. The highest BCUT2D eigenvalue weighted by Crippen LogP contribution is 2.26. The molecule has 0 spiro atoms. The monoisotopic (exact) mass is 264 g/mol. The van der Waals surface area contributed by atoms with E-state index in [4.69, 9.17) is 11.6 Å². The third kappa shape index (κ3) is 2.21. The normalized spacial score (nSPS) is 17.4. The molecule has 3 rings (SSSR count). The second-order valence-corrected chi connectivity index (χ2v) is 5.53. The van der Waals surface area contributed by atoms with Crippen LogP contribution in [0.1, 0.15) is 43.8 Å². The molecule has 0 radical (unpaired) electrons. The largest absolute Gasteiger partial charge is 0.267 e. The molecule has 18 heavy (non-hydrogen) atoms. The molecule has 0 atom stereocenters. The van der Waals surface area contributed by atoms with E-state index in [-0.39, 0.29) is 0 Å². The van der Waals surface area contributed by atoms with Crippen molar-refractivity contribution in [3.05, 3.63) is 22.9 Å². The Morgan fingerprint density at radius 3 is 2.83 bits per heavy atom. The predicted octanol–water partition coefficient (Wildman–Crippen LogP) is 3.21. The highest BCUT2D eigenvalue weighted by molar-refractivity contribution is 6.29. The molecule has 5 heteroatoms. The Kier molecular flexibility index (Phi) is 3.20. The first-order chi connectivity index (χ1) is 8.74. The van der Waals surface area contributed by atoms with E-state index < -0.39 is 0 Å². The lowest BCUT2D eigenvalue weighted by molar-refractivity contribution is 0.350. The lowest BCUT2D eigenvalue weighted by Gasteiger charge is -2.20. The standard InChI is InChI=1S/C13H17ClN4/c1-9-15-11(14)8-13-17-16-12(18(9)13)7-10-5-3-2-4-6-10/h8,10H,2-7H2,1H3. The summed E-state index contributed by atoms with van der Waals surface area (Å²) in [6.07, 6.45) is 7.72. The van der Waals surface area contributed by atoms with Crippen LogP contribution in [-0.4, -0.2) is 19.6 Å². The van der Waals surface area contributed by atoms with Crippen LogP contribution in [0.25, 0.3) is 5.65 Å². The number of hydrogen-bond donors (Lipinski definition) is 0. The first-order valence-electron chi connectivity index (χ1n) is 6.61. The summed E-state index contributed by atoms with van der Waals surface area (Å²) in [4.78, 5) is 4.28. The van der Waals surface area contributed by atoms with Crippen molar-refractivity contribution in [3.8, 4) is 0 Å². The van der Waals surface area contributed by atoms with Crippen molar-refractivity contribution in [1.29, 1.82) is 0 Å². The second kappa shape index (κ2) is 4.84. The maximum atomic E-state index is 5.93. The topological polar surface area (TPSA) is 43.1 Å². The van der Waals surface area contributed by atoms with Crippen molar-refractivity contribution in [2.75, 3.05) is 0 Å². The molecule has 2 aromatic heterocycles. The van der Waals surface area contributed by atoms with Crippen LogP contribution in [0, 0.1) is 12.8 Å². The number of rotatable bonds is 2. The minimum Gasteiger partial charge on any atom is -0.267 e. The van der Waals surface area contributed by atoms with E-state index in [9.17, 15) is 0 Å². The lowest BCUT2D eigenvalue weighted by Crippen LogP contribution is -2.12. The first-order valence-corrected chi connectivity index (χ1v) is 6.99. The maximum absolute atomic E-state index is 5.93. The Hall–Kier alpha value is -1.16. The molecule has 1 saturated carbocycles. The van der Waals surface area contributed by atoms with Crippen LogP contribution in [0.2, 0.25) is 5.15 Å². The van der Waals surface area contributed by atoms with Gasteiger partial charge in [-0.25, -0.2) is 4.98 Å².